The lowest BCUT2D eigenvalue weighted by Crippen LogP contribution is -2.41. The lowest BCUT2D eigenvalue weighted by atomic mass is 9.90. The molecule has 0 radical (unpaired) electrons. The number of para-hydroxylation sites is 1. The zero-order chi connectivity index (χ0) is 26.7. The fourth-order valence-corrected chi connectivity index (χ4v) is 4.93. The maximum absolute atomic E-state index is 13.5. The number of amides is 2. The summed E-state index contributed by atoms with van der Waals surface area (Å²) in [5, 5.41) is 7.79. The Labute approximate surface area is 219 Å². The summed E-state index contributed by atoms with van der Waals surface area (Å²) < 4.78 is 7.52. The van der Waals surface area contributed by atoms with Crippen LogP contribution in [0.15, 0.2) is 48.7 Å². The minimum absolute atomic E-state index is 0.0726. The van der Waals surface area contributed by atoms with Crippen LogP contribution in [0.4, 0.5) is 10.5 Å². The molecule has 0 atom stereocenters. The summed E-state index contributed by atoms with van der Waals surface area (Å²) in [5.74, 6) is -0.102. The number of aromatic nitrogens is 2. The first kappa shape index (κ1) is 26.5. The molecular formula is C30H38N4O3. The standard InChI is InChI=1S/C30H38N4O3/c1-7-22-11-13-24(14-12-22)32-28(35)25-19-31-34(26-20(2)9-8-10-21(26)3)27(25)23-15-17-33(18-16-23)29(36)37-30(4,5)6/h8-14,19,23H,7,15-18H2,1-6H3,(H,32,35). The molecule has 2 aromatic carbocycles. The van der Waals surface area contributed by atoms with Gasteiger partial charge in [-0.1, -0.05) is 37.3 Å². The van der Waals surface area contributed by atoms with E-state index in [-0.39, 0.29) is 17.9 Å². The summed E-state index contributed by atoms with van der Waals surface area (Å²) in [4.78, 5) is 27.9. The number of piperidine rings is 1. The van der Waals surface area contributed by atoms with Crippen LogP contribution in [0.5, 0.6) is 0 Å². The van der Waals surface area contributed by atoms with Crippen molar-refractivity contribution < 1.29 is 14.3 Å². The van der Waals surface area contributed by atoms with Gasteiger partial charge in [0.2, 0.25) is 0 Å². The molecule has 0 spiro atoms. The summed E-state index contributed by atoms with van der Waals surface area (Å²) in [6.07, 6.45) is 3.78. The smallest absolute Gasteiger partial charge is 0.410 e. The van der Waals surface area contributed by atoms with E-state index in [9.17, 15) is 9.59 Å². The van der Waals surface area contributed by atoms with Crippen molar-refractivity contribution in [2.24, 2.45) is 0 Å². The van der Waals surface area contributed by atoms with E-state index in [1.807, 2.05) is 55.8 Å². The first-order valence-electron chi connectivity index (χ1n) is 13.1. The van der Waals surface area contributed by atoms with Crippen molar-refractivity contribution in [2.45, 2.75) is 72.3 Å². The van der Waals surface area contributed by atoms with Crippen LogP contribution in [0, 0.1) is 13.8 Å². The molecule has 0 saturated carbocycles. The van der Waals surface area contributed by atoms with Gasteiger partial charge >= 0.3 is 6.09 Å². The van der Waals surface area contributed by atoms with Gasteiger partial charge in [0.05, 0.1) is 23.1 Å². The molecule has 1 aliphatic heterocycles. The number of hydrogen-bond acceptors (Lipinski definition) is 4. The molecule has 1 N–H and O–H groups in total. The van der Waals surface area contributed by atoms with Crippen LogP contribution < -0.4 is 5.32 Å². The highest BCUT2D eigenvalue weighted by Gasteiger charge is 2.32. The minimum atomic E-state index is -0.532. The molecular weight excluding hydrogens is 464 g/mol. The van der Waals surface area contributed by atoms with E-state index < -0.39 is 5.60 Å². The molecule has 3 aromatic rings. The Kier molecular flexibility index (Phi) is 7.71. The van der Waals surface area contributed by atoms with E-state index in [0.717, 1.165) is 47.5 Å². The summed E-state index contributed by atoms with van der Waals surface area (Å²) in [7, 11) is 0. The highest BCUT2D eigenvalue weighted by Crippen LogP contribution is 2.34. The SMILES string of the molecule is CCc1ccc(NC(=O)c2cnn(-c3c(C)cccc3C)c2C2CCN(C(=O)OC(C)(C)C)CC2)cc1. The van der Waals surface area contributed by atoms with Crippen molar-refractivity contribution in [1.82, 2.24) is 14.7 Å². The molecule has 1 saturated heterocycles. The molecule has 1 aliphatic rings. The molecule has 2 amide bonds. The number of likely N-dealkylation sites (tertiary alicyclic amines) is 1. The second-order valence-corrected chi connectivity index (χ2v) is 10.8. The minimum Gasteiger partial charge on any atom is -0.444 e. The summed E-state index contributed by atoms with van der Waals surface area (Å²) in [5.41, 5.74) is 6.09. The normalized spacial score (nSPS) is 14.5. The maximum Gasteiger partial charge on any atom is 0.410 e. The average molecular weight is 503 g/mol. The lowest BCUT2D eigenvalue weighted by molar-refractivity contribution is 0.0203. The highest BCUT2D eigenvalue weighted by molar-refractivity contribution is 6.05. The van der Waals surface area contributed by atoms with Gasteiger partial charge in [-0.15, -0.1) is 0 Å². The van der Waals surface area contributed by atoms with Crippen LogP contribution in [0.2, 0.25) is 0 Å². The Morgan fingerprint density at radius 2 is 1.65 bits per heavy atom. The van der Waals surface area contributed by atoms with Crippen LogP contribution in [0.1, 0.15) is 79.2 Å². The largest absolute Gasteiger partial charge is 0.444 e. The molecule has 1 fully saturated rings. The Morgan fingerprint density at radius 1 is 1.03 bits per heavy atom. The maximum atomic E-state index is 13.5. The Hall–Kier alpha value is -3.61. The van der Waals surface area contributed by atoms with Gasteiger partial charge in [-0.3, -0.25) is 4.79 Å². The molecule has 2 heterocycles. The predicted octanol–water partition coefficient (Wildman–Crippen LogP) is 6.42. The molecule has 37 heavy (non-hydrogen) atoms. The third-order valence-corrected chi connectivity index (χ3v) is 6.86. The second-order valence-electron chi connectivity index (χ2n) is 10.8. The predicted molar refractivity (Wildman–Crippen MR) is 147 cm³/mol. The van der Waals surface area contributed by atoms with E-state index in [1.54, 1.807) is 11.1 Å². The summed E-state index contributed by atoms with van der Waals surface area (Å²) in [6.45, 7) is 13.0. The first-order chi connectivity index (χ1) is 17.6. The van der Waals surface area contributed by atoms with Crippen molar-refractivity contribution in [2.75, 3.05) is 18.4 Å². The van der Waals surface area contributed by atoms with Gasteiger partial charge in [-0.05, 0) is 82.7 Å². The fraction of sp³-hybridized carbons (Fsp3) is 0.433. The number of carbonyl (C=O) groups excluding carboxylic acids is 2. The fourth-order valence-electron chi connectivity index (χ4n) is 4.93. The third kappa shape index (κ3) is 6.04. The van der Waals surface area contributed by atoms with Crippen molar-refractivity contribution in [3.8, 4) is 5.69 Å². The van der Waals surface area contributed by atoms with Gasteiger partial charge in [-0.25, -0.2) is 9.48 Å². The molecule has 0 aliphatic carbocycles. The van der Waals surface area contributed by atoms with Gasteiger partial charge in [0.25, 0.3) is 5.91 Å². The van der Waals surface area contributed by atoms with E-state index in [0.29, 0.717) is 18.7 Å². The number of aryl methyl sites for hydroxylation is 3. The van der Waals surface area contributed by atoms with Crippen LogP contribution in [-0.2, 0) is 11.2 Å². The van der Waals surface area contributed by atoms with E-state index in [1.165, 1.54) is 5.56 Å². The second kappa shape index (κ2) is 10.8. The van der Waals surface area contributed by atoms with E-state index >= 15 is 0 Å². The quantitative estimate of drug-likeness (QED) is 0.437. The molecule has 0 bridgehead atoms. The average Bonchev–Trinajstić information content (AvgIpc) is 3.28. The van der Waals surface area contributed by atoms with Crippen molar-refractivity contribution >= 4 is 17.7 Å². The number of anilines is 1. The zero-order valence-electron chi connectivity index (χ0n) is 22.8. The van der Waals surface area contributed by atoms with Gasteiger partial charge in [0.1, 0.15) is 5.60 Å². The molecule has 196 valence electrons. The number of benzene rings is 2. The van der Waals surface area contributed by atoms with Gasteiger partial charge in [-0.2, -0.15) is 5.10 Å². The van der Waals surface area contributed by atoms with Crippen molar-refractivity contribution in [3.63, 3.8) is 0 Å². The van der Waals surface area contributed by atoms with Crippen molar-refractivity contribution in [1.29, 1.82) is 0 Å². The van der Waals surface area contributed by atoms with Gasteiger partial charge in [0.15, 0.2) is 0 Å². The zero-order valence-corrected chi connectivity index (χ0v) is 22.8. The Bertz CT molecular complexity index is 1240. The number of rotatable bonds is 5. The number of nitrogens with zero attached hydrogens (tertiary/aromatic N) is 3. The monoisotopic (exact) mass is 502 g/mol. The number of hydrogen-bond donors (Lipinski definition) is 1. The van der Waals surface area contributed by atoms with Crippen LogP contribution in [0.25, 0.3) is 5.69 Å². The van der Waals surface area contributed by atoms with Crippen molar-refractivity contribution in [3.05, 3.63) is 76.6 Å². The molecule has 1 aromatic heterocycles. The topological polar surface area (TPSA) is 76.5 Å². The van der Waals surface area contributed by atoms with Gasteiger partial charge in [0, 0.05) is 24.7 Å². The molecule has 0 unspecified atom stereocenters. The molecule has 4 rings (SSSR count). The van der Waals surface area contributed by atoms with E-state index in [4.69, 9.17) is 9.84 Å². The first-order valence-corrected chi connectivity index (χ1v) is 13.1. The summed E-state index contributed by atoms with van der Waals surface area (Å²) in [6, 6.07) is 14.1. The van der Waals surface area contributed by atoms with Crippen LogP contribution in [-0.4, -0.2) is 45.4 Å². The summed E-state index contributed by atoms with van der Waals surface area (Å²) >= 11 is 0. The molecule has 7 heteroatoms. The third-order valence-electron chi connectivity index (χ3n) is 6.86. The number of carbonyl (C=O) groups is 2. The molecule has 7 nitrogen and oxygen atoms in total. The van der Waals surface area contributed by atoms with Gasteiger partial charge < -0.3 is 15.0 Å². The van der Waals surface area contributed by atoms with Crippen LogP contribution >= 0.6 is 0 Å². The Morgan fingerprint density at radius 3 is 2.22 bits per heavy atom. The number of ether oxygens (including phenoxy) is 1. The Balaban J connectivity index is 1.65. The van der Waals surface area contributed by atoms with E-state index in [2.05, 4.69) is 38.2 Å². The number of nitrogens with one attached hydrogen (secondary N) is 1. The highest BCUT2D eigenvalue weighted by atomic mass is 16.6. The van der Waals surface area contributed by atoms with Crippen LogP contribution in [0.3, 0.4) is 0 Å². The lowest BCUT2D eigenvalue weighted by Gasteiger charge is -2.34.